The molecule has 3 rings (SSSR count). The maximum absolute atomic E-state index is 12.3. The maximum Gasteiger partial charge on any atom is 0.236 e. The number of nitrogens with one attached hydrogen (secondary N) is 1. The van der Waals surface area contributed by atoms with Crippen LogP contribution >= 0.6 is 11.6 Å². The maximum atomic E-state index is 12.3. The molecule has 2 aliphatic heterocycles. The van der Waals surface area contributed by atoms with Crippen molar-refractivity contribution in [3.05, 3.63) is 23.2 Å². The molecule has 1 N–H and O–H groups in total. The number of nitrogens with zero attached hydrogens (tertiary/aromatic N) is 3. The van der Waals surface area contributed by atoms with Gasteiger partial charge in [0.05, 0.1) is 19.3 Å². The van der Waals surface area contributed by atoms with Crippen molar-refractivity contribution in [2.75, 3.05) is 64.8 Å². The Morgan fingerprint density at radius 1 is 1.07 bits per heavy atom. The van der Waals surface area contributed by atoms with Crippen LogP contribution in [-0.2, 0) is 9.59 Å². The van der Waals surface area contributed by atoms with Gasteiger partial charge in [0.2, 0.25) is 11.8 Å². The Morgan fingerprint density at radius 3 is 2.43 bits per heavy atom. The van der Waals surface area contributed by atoms with Gasteiger partial charge in [-0.05, 0) is 31.0 Å². The quantitative estimate of drug-likeness (QED) is 0.746. The minimum Gasteiger partial charge on any atom is -0.495 e. The number of anilines is 1. The molecule has 0 radical (unpaired) electrons. The molecule has 0 aliphatic carbocycles. The molecule has 154 valence electrons. The van der Waals surface area contributed by atoms with Gasteiger partial charge in [-0.25, -0.2) is 0 Å². The Balaban J connectivity index is 1.37. The fraction of sp³-hybridized carbons (Fsp3) is 0.600. The van der Waals surface area contributed by atoms with Crippen LogP contribution in [0.2, 0.25) is 5.02 Å². The van der Waals surface area contributed by atoms with Crippen molar-refractivity contribution in [1.29, 1.82) is 0 Å². The van der Waals surface area contributed by atoms with Gasteiger partial charge in [-0.2, -0.15) is 0 Å². The zero-order valence-electron chi connectivity index (χ0n) is 16.5. The van der Waals surface area contributed by atoms with Crippen molar-refractivity contribution < 1.29 is 14.3 Å². The molecule has 0 spiro atoms. The van der Waals surface area contributed by atoms with Gasteiger partial charge >= 0.3 is 0 Å². The van der Waals surface area contributed by atoms with Crippen LogP contribution in [0.15, 0.2) is 18.2 Å². The highest BCUT2D eigenvalue weighted by Crippen LogP contribution is 2.27. The number of likely N-dealkylation sites (tertiary alicyclic amines) is 1. The first-order valence-corrected chi connectivity index (χ1v) is 10.3. The van der Waals surface area contributed by atoms with E-state index in [9.17, 15) is 9.59 Å². The predicted octanol–water partition coefficient (Wildman–Crippen LogP) is 1.92. The van der Waals surface area contributed by atoms with E-state index < -0.39 is 0 Å². The van der Waals surface area contributed by atoms with Crippen molar-refractivity contribution in [2.24, 2.45) is 0 Å². The fourth-order valence-corrected chi connectivity index (χ4v) is 3.85. The standard InChI is InChI=1S/C20H29ClN4O3/c1-28-18-5-4-16(21)14-17(18)22-19(26)6-9-23-10-12-24(13-11-23)15-20(27)25-7-2-3-8-25/h4-5,14H,2-3,6-13,15H2,1H3,(H,22,26). The average molecular weight is 409 g/mol. The lowest BCUT2D eigenvalue weighted by Gasteiger charge is -2.34. The number of hydrogen-bond donors (Lipinski definition) is 1. The largest absolute Gasteiger partial charge is 0.495 e. The van der Waals surface area contributed by atoms with Crippen LogP contribution in [-0.4, -0.2) is 86.0 Å². The van der Waals surface area contributed by atoms with Crippen molar-refractivity contribution in [2.45, 2.75) is 19.3 Å². The Bertz CT molecular complexity index is 686. The second-order valence-corrected chi connectivity index (χ2v) is 7.78. The first-order valence-electron chi connectivity index (χ1n) is 9.91. The van der Waals surface area contributed by atoms with E-state index in [-0.39, 0.29) is 11.8 Å². The highest BCUT2D eigenvalue weighted by Gasteiger charge is 2.23. The van der Waals surface area contributed by atoms with Gasteiger partial charge in [0, 0.05) is 57.3 Å². The number of benzene rings is 1. The summed E-state index contributed by atoms with van der Waals surface area (Å²) in [7, 11) is 1.56. The van der Waals surface area contributed by atoms with Crippen LogP contribution in [0, 0.1) is 0 Å². The minimum atomic E-state index is -0.0628. The van der Waals surface area contributed by atoms with E-state index in [2.05, 4.69) is 15.1 Å². The van der Waals surface area contributed by atoms with Gasteiger partial charge in [0.1, 0.15) is 5.75 Å². The van der Waals surface area contributed by atoms with E-state index in [0.717, 1.165) is 52.1 Å². The summed E-state index contributed by atoms with van der Waals surface area (Å²) in [5.41, 5.74) is 0.588. The topological polar surface area (TPSA) is 65.1 Å². The van der Waals surface area contributed by atoms with Gasteiger partial charge in [0.15, 0.2) is 0 Å². The molecule has 0 atom stereocenters. The molecule has 0 unspecified atom stereocenters. The molecular weight excluding hydrogens is 380 g/mol. The summed E-state index contributed by atoms with van der Waals surface area (Å²) in [4.78, 5) is 31.0. The molecule has 2 amide bonds. The Morgan fingerprint density at radius 2 is 1.75 bits per heavy atom. The van der Waals surface area contributed by atoms with Crippen LogP contribution in [0.1, 0.15) is 19.3 Å². The number of piperazine rings is 1. The van der Waals surface area contributed by atoms with Crippen LogP contribution in [0.25, 0.3) is 0 Å². The summed E-state index contributed by atoms with van der Waals surface area (Å²) in [5, 5.41) is 3.42. The monoisotopic (exact) mass is 408 g/mol. The first kappa shape index (κ1) is 20.9. The number of ether oxygens (including phenoxy) is 1. The number of carbonyl (C=O) groups is 2. The second-order valence-electron chi connectivity index (χ2n) is 7.35. The lowest BCUT2D eigenvalue weighted by atomic mass is 10.2. The van der Waals surface area contributed by atoms with E-state index in [1.54, 1.807) is 25.3 Å². The van der Waals surface area contributed by atoms with E-state index in [1.807, 2.05) is 4.90 Å². The van der Waals surface area contributed by atoms with E-state index in [4.69, 9.17) is 16.3 Å². The van der Waals surface area contributed by atoms with Gasteiger partial charge in [-0.15, -0.1) is 0 Å². The number of amides is 2. The fourth-order valence-electron chi connectivity index (χ4n) is 3.68. The molecule has 2 aliphatic rings. The predicted molar refractivity (Wildman–Crippen MR) is 110 cm³/mol. The summed E-state index contributed by atoms with van der Waals surface area (Å²) < 4.78 is 5.26. The van der Waals surface area contributed by atoms with Crippen molar-refractivity contribution in [3.8, 4) is 5.75 Å². The molecule has 1 aromatic rings. The van der Waals surface area contributed by atoms with Crippen LogP contribution in [0.4, 0.5) is 5.69 Å². The van der Waals surface area contributed by atoms with Crippen molar-refractivity contribution in [3.63, 3.8) is 0 Å². The van der Waals surface area contributed by atoms with E-state index >= 15 is 0 Å². The highest BCUT2D eigenvalue weighted by atomic mass is 35.5. The Labute approximate surface area is 171 Å². The number of hydrogen-bond acceptors (Lipinski definition) is 5. The van der Waals surface area contributed by atoms with Crippen LogP contribution in [0.5, 0.6) is 5.75 Å². The SMILES string of the molecule is COc1ccc(Cl)cc1NC(=O)CCN1CCN(CC(=O)N2CCCC2)CC1. The molecule has 7 nitrogen and oxygen atoms in total. The summed E-state index contributed by atoms with van der Waals surface area (Å²) in [6.45, 7) is 6.51. The molecule has 2 heterocycles. The summed E-state index contributed by atoms with van der Waals surface area (Å²) in [6.07, 6.45) is 2.66. The zero-order valence-corrected chi connectivity index (χ0v) is 17.2. The summed E-state index contributed by atoms with van der Waals surface area (Å²) >= 11 is 6.00. The lowest BCUT2D eigenvalue weighted by molar-refractivity contribution is -0.131. The lowest BCUT2D eigenvalue weighted by Crippen LogP contribution is -2.50. The number of carbonyl (C=O) groups excluding carboxylic acids is 2. The molecule has 0 aromatic heterocycles. The molecule has 28 heavy (non-hydrogen) atoms. The van der Waals surface area contributed by atoms with E-state index in [1.165, 1.54) is 0 Å². The molecule has 0 saturated carbocycles. The van der Waals surface area contributed by atoms with Crippen LogP contribution in [0.3, 0.4) is 0 Å². The third-order valence-corrected chi connectivity index (χ3v) is 5.61. The zero-order chi connectivity index (χ0) is 19.9. The summed E-state index contributed by atoms with van der Waals surface area (Å²) in [6, 6.07) is 5.15. The first-order chi connectivity index (χ1) is 13.5. The van der Waals surface area contributed by atoms with Gasteiger partial charge in [0.25, 0.3) is 0 Å². The third-order valence-electron chi connectivity index (χ3n) is 5.37. The third kappa shape index (κ3) is 5.83. The van der Waals surface area contributed by atoms with Gasteiger partial charge in [-0.1, -0.05) is 11.6 Å². The van der Waals surface area contributed by atoms with Crippen molar-refractivity contribution in [1.82, 2.24) is 14.7 Å². The van der Waals surface area contributed by atoms with Gasteiger partial charge in [-0.3, -0.25) is 14.5 Å². The second kappa shape index (κ2) is 10.1. The molecular formula is C20H29ClN4O3. The molecule has 1 aromatic carbocycles. The Kier molecular flexibility index (Phi) is 7.53. The van der Waals surface area contributed by atoms with E-state index in [0.29, 0.717) is 36.0 Å². The summed E-state index contributed by atoms with van der Waals surface area (Å²) in [5.74, 6) is 0.780. The van der Waals surface area contributed by atoms with Gasteiger partial charge < -0.3 is 19.9 Å². The average Bonchev–Trinajstić information content (AvgIpc) is 3.23. The molecule has 0 bridgehead atoms. The molecule has 8 heteroatoms. The van der Waals surface area contributed by atoms with Crippen molar-refractivity contribution >= 4 is 29.1 Å². The number of methoxy groups -OCH3 is 1. The Hall–Kier alpha value is -1.83. The normalized spacial score (nSPS) is 18.3. The highest BCUT2D eigenvalue weighted by molar-refractivity contribution is 6.31. The van der Waals surface area contributed by atoms with Crippen LogP contribution < -0.4 is 10.1 Å². The minimum absolute atomic E-state index is 0.0628. The molecule has 2 fully saturated rings. The number of rotatable bonds is 7. The number of halogens is 1. The molecule has 2 saturated heterocycles. The smallest absolute Gasteiger partial charge is 0.236 e.